The Balaban J connectivity index is 2.16. The van der Waals surface area contributed by atoms with Gasteiger partial charge in [-0.25, -0.2) is 8.42 Å². The van der Waals surface area contributed by atoms with Crippen molar-refractivity contribution in [1.82, 2.24) is 5.32 Å². The van der Waals surface area contributed by atoms with E-state index in [2.05, 4.69) is 10.0 Å². The highest BCUT2D eigenvalue weighted by Crippen LogP contribution is 2.20. The zero-order valence-electron chi connectivity index (χ0n) is 12.0. The van der Waals surface area contributed by atoms with Crippen LogP contribution in [0.3, 0.4) is 0 Å². The third kappa shape index (κ3) is 4.23. The molecule has 21 heavy (non-hydrogen) atoms. The van der Waals surface area contributed by atoms with E-state index in [1.165, 1.54) is 0 Å². The van der Waals surface area contributed by atoms with Crippen molar-refractivity contribution < 1.29 is 8.42 Å². The summed E-state index contributed by atoms with van der Waals surface area (Å²) in [5, 5.41) is 3.03. The van der Waals surface area contributed by atoms with Gasteiger partial charge in [0.15, 0.2) is 0 Å². The molecule has 0 unspecified atom stereocenters. The predicted octanol–water partition coefficient (Wildman–Crippen LogP) is 2.93. The largest absolute Gasteiger partial charge is 0.316 e. The van der Waals surface area contributed by atoms with Crippen LogP contribution in [0.25, 0.3) is 0 Å². The summed E-state index contributed by atoms with van der Waals surface area (Å²) in [5.74, 6) is 0. The minimum Gasteiger partial charge on any atom is -0.316 e. The van der Waals surface area contributed by atoms with Gasteiger partial charge >= 0.3 is 0 Å². The molecule has 2 aromatic rings. The Kier molecular flexibility index (Phi) is 5.27. The summed E-state index contributed by atoms with van der Waals surface area (Å²) >= 11 is 1.61. The molecule has 0 atom stereocenters. The molecule has 0 saturated heterocycles. The standard InChI is InChI=1S/C15H18N2O2S2/c1-16-11-12-3-9-15(10-4-12)21(18,19)17-13-5-7-14(20-2)8-6-13/h3-10,16-17H,11H2,1-2H3. The molecule has 0 aliphatic carbocycles. The van der Waals surface area contributed by atoms with Gasteiger partial charge in [-0.15, -0.1) is 11.8 Å². The molecule has 2 N–H and O–H groups in total. The average Bonchev–Trinajstić information content (AvgIpc) is 2.48. The summed E-state index contributed by atoms with van der Waals surface area (Å²) in [6, 6.07) is 14.1. The zero-order valence-corrected chi connectivity index (χ0v) is 13.6. The maximum atomic E-state index is 12.3. The molecule has 6 heteroatoms. The summed E-state index contributed by atoms with van der Waals surface area (Å²) in [5.41, 5.74) is 1.60. The first-order chi connectivity index (χ1) is 10.0. The summed E-state index contributed by atoms with van der Waals surface area (Å²) in [4.78, 5) is 1.35. The Morgan fingerprint density at radius 3 is 2.14 bits per heavy atom. The van der Waals surface area contributed by atoms with Gasteiger partial charge in [0, 0.05) is 17.1 Å². The summed E-state index contributed by atoms with van der Waals surface area (Å²) < 4.78 is 27.2. The normalized spacial score (nSPS) is 11.3. The highest BCUT2D eigenvalue weighted by atomic mass is 32.2. The molecule has 0 aliphatic rings. The quantitative estimate of drug-likeness (QED) is 0.803. The fraction of sp³-hybridized carbons (Fsp3) is 0.200. The number of nitrogens with one attached hydrogen (secondary N) is 2. The Morgan fingerprint density at radius 1 is 1.00 bits per heavy atom. The average molecular weight is 322 g/mol. The van der Waals surface area contributed by atoms with Crippen LogP contribution in [-0.2, 0) is 16.6 Å². The van der Waals surface area contributed by atoms with Crippen molar-refractivity contribution in [1.29, 1.82) is 0 Å². The van der Waals surface area contributed by atoms with Crippen molar-refractivity contribution >= 4 is 27.5 Å². The fourth-order valence-electron chi connectivity index (χ4n) is 1.86. The van der Waals surface area contributed by atoms with Gasteiger partial charge in [-0.1, -0.05) is 12.1 Å². The second-order valence-corrected chi connectivity index (χ2v) is 7.07. The molecule has 0 heterocycles. The first kappa shape index (κ1) is 15.9. The molecular weight excluding hydrogens is 304 g/mol. The number of hydrogen-bond donors (Lipinski definition) is 2. The van der Waals surface area contributed by atoms with E-state index in [9.17, 15) is 8.42 Å². The lowest BCUT2D eigenvalue weighted by Gasteiger charge is -2.09. The Bertz CT molecular complexity index is 681. The van der Waals surface area contributed by atoms with E-state index >= 15 is 0 Å². The molecular formula is C15H18N2O2S2. The predicted molar refractivity (Wildman–Crippen MR) is 88.2 cm³/mol. The van der Waals surface area contributed by atoms with Gasteiger partial charge in [-0.2, -0.15) is 0 Å². The van der Waals surface area contributed by atoms with Gasteiger partial charge < -0.3 is 5.32 Å². The van der Waals surface area contributed by atoms with Crippen molar-refractivity contribution in [2.24, 2.45) is 0 Å². The lowest BCUT2D eigenvalue weighted by Crippen LogP contribution is -2.13. The van der Waals surface area contributed by atoms with E-state index in [1.807, 2.05) is 37.6 Å². The molecule has 112 valence electrons. The highest BCUT2D eigenvalue weighted by molar-refractivity contribution is 7.98. The van der Waals surface area contributed by atoms with Crippen molar-refractivity contribution in [2.45, 2.75) is 16.3 Å². The maximum Gasteiger partial charge on any atom is 0.261 e. The van der Waals surface area contributed by atoms with Crippen molar-refractivity contribution in [3.63, 3.8) is 0 Å². The topological polar surface area (TPSA) is 58.2 Å². The van der Waals surface area contributed by atoms with Crippen molar-refractivity contribution in [3.05, 3.63) is 54.1 Å². The molecule has 0 radical (unpaired) electrons. The summed E-state index contributed by atoms with van der Waals surface area (Å²) in [6.45, 7) is 0.712. The van der Waals surface area contributed by atoms with E-state index in [0.717, 1.165) is 10.5 Å². The van der Waals surface area contributed by atoms with E-state index in [0.29, 0.717) is 12.2 Å². The zero-order chi connectivity index (χ0) is 15.3. The summed E-state index contributed by atoms with van der Waals surface area (Å²) in [6.07, 6.45) is 1.98. The Hall–Kier alpha value is -1.50. The minimum atomic E-state index is -3.54. The monoisotopic (exact) mass is 322 g/mol. The van der Waals surface area contributed by atoms with Crippen LogP contribution in [0.1, 0.15) is 5.56 Å². The van der Waals surface area contributed by atoms with Crippen LogP contribution in [-0.4, -0.2) is 21.7 Å². The molecule has 0 aromatic heterocycles. The van der Waals surface area contributed by atoms with Crippen LogP contribution in [0.2, 0.25) is 0 Å². The number of sulfonamides is 1. The van der Waals surface area contributed by atoms with Gasteiger partial charge in [-0.3, -0.25) is 4.72 Å². The van der Waals surface area contributed by atoms with Gasteiger partial charge in [0.2, 0.25) is 0 Å². The van der Waals surface area contributed by atoms with Gasteiger partial charge in [0.1, 0.15) is 0 Å². The number of hydrogen-bond acceptors (Lipinski definition) is 4. The van der Waals surface area contributed by atoms with Gasteiger partial charge in [0.05, 0.1) is 4.90 Å². The molecule has 0 spiro atoms. The van der Waals surface area contributed by atoms with Crippen molar-refractivity contribution in [3.8, 4) is 0 Å². The van der Waals surface area contributed by atoms with E-state index in [1.54, 1.807) is 36.0 Å². The molecule has 4 nitrogen and oxygen atoms in total. The lowest BCUT2D eigenvalue weighted by molar-refractivity contribution is 0.601. The van der Waals surface area contributed by atoms with E-state index in [4.69, 9.17) is 0 Å². The smallest absolute Gasteiger partial charge is 0.261 e. The second kappa shape index (κ2) is 6.98. The van der Waals surface area contributed by atoms with E-state index < -0.39 is 10.0 Å². The molecule has 2 rings (SSSR count). The molecule has 0 amide bonds. The number of thioether (sulfide) groups is 1. The minimum absolute atomic E-state index is 0.260. The molecule has 0 fully saturated rings. The van der Waals surface area contributed by atoms with E-state index in [-0.39, 0.29) is 4.90 Å². The lowest BCUT2D eigenvalue weighted by atomic mass is 10.2. The SMILES string of the molecule is CNCc1ccc(S(=O)(=O)Nc2ccc(SC)cc2)cc1. The van der Waals surface area contributed by atoms with Crippen LogP contribution in [0, 0.1) is 0 Å². The van der Waals surface area contributed by atoms with Crippen molar-refractivity contribution in [2.75, 3.05) is 18.0 Å². The third-order valence-corrected chi connectivity index (χ3v) is 5.10. The maximum absolute atomic E-state index is 12.3. The van der Waals surface area contributed by atoms with Crippen LogP contribution < -0.4 is 10.0 Å². The third-order valence-electron chi connectivity index (χ3n) is 2.96. The molecule has 0 saturated carbocycles. The number of anilines is 1. The van der Waals surface area contributed by atoms with Gasteiger partial charge in [-0.05, 0) is 55.3 Å². The molecule has 2 aromatic carbocycles. The second-order valence-electron chi connectivity index (χ2n) is 4.51. The molecule has 0 bridgehead atoms. The number of rotatable bonds is 6. The highest BCUT2D eigenvalue weighted by Gasteiger charge is 2.13. The van der Waals surface area contributed by atoms with Crippen LogP contribution in [0.4, 0.5) is 5.69 Å². The first-order valence-corrected chi connectivity index (χ1v) is 9.16. The van der Waals surface area contributed by atoms with Crippen LogP contribution >= 0.6 is 11.8 Å². The summed E-state index contributed by atoms with van der Waals surface area (Å²) in [7, 11) is -1.69. The Labute approximate surface area is 130 Å². The first-order valence-electron chi connectivity index (χ1n) is 6.45. The van der Waals surface area contributed by atoms with Gasteiger partial charge in [0.25, 0.3) is 10.0 Å². The Morgan fingerprint density at radius 2 is 1.62 bits per heavy atom. The molecule has 0 aliphatic heterocycles. The fourth-order valence-corrected chi connectivity index (χ4v) is 3.33. The number of benzene rings is 2. The van der Waals surface area contributed by atoms with Crippen LogP contribution in [0.5, 0.6) is 0 Å². The van der Waals surface area contributed by atoms with Crippen LogP contribution in [0.15, 0.2) is 58.3 Å².